The molecule has 5 heteroatoms. The fourth-order valence-corrected chi connectivity index (χ4v) is 1.78. The average Bonchev–Trinajstić information content (AvgIpc) is 2.31. The Morgan fingerprint density at radius 2 is 2.32 bits per heavy atom. The molecule has 0 saturated carbocycles. The molecule has 0 aromatic heterocycles. The summed E-state index contributed by atoms with van der Waals surface area (Å²) >= 11 is 0. The van der Waals surface area contributed by atoms with Gasteiger partial charge in [0.2, 0.25) is 5.91 Å². The van der Waals surface area contributed by atoms with Crippen LogP contribution in [0.25, 0.3) is 0 Å². The first-order valence-electron chi connectivity index (χ1n) is 6.50. The second-order valence-corrected chi connectivity index (χ2v) is 4.76. The normalized spacial score (nSPS) is 15.0. The smallest absolute Gasteiger partial charge is 0.224 e. The molecule has 1 aliphatic rings. The zero-order valence-corrected chi connectivity index (χ0v) is 11.1. The molecule has 0 spiro atoms. The van der Waals surface area contributed by atoms with Gasteiger partial charge < -0.3 is 20.5 Å². The maximum Gasteiger partial charge on any atom is 0.224 e. The molecule has 5 nitrogen and oxygen atoms in total. The van der Waals surface area contributed by atoms with Crippen molar-refractivity contribution >= 4 is 17.3 Å². The number of nitrogens with two attached hydrogens (primary N) is 1. The molecule has 19 heavy (non-hydrogen) atoms. The van der Waals surface area contributed by atoms with E-state index in [0.29, 0.717) is 38.3 Å². The van der Waals surface area contributed by atoms with E-state index in [1.165, 1.54) is 0 Å². The minimum Gasteiger partial charge on any atom is -0.399 e. The summed E-state index contributed by atoms with van der Waals surface area (Å²) in [5.74, 6) is -0.0119. The van der Waals surface area contributed by atoms with Crippen LogP contribution in [0.15, 0.2) is 18.2 Å². The number of amides is 1. The molecule has 2 rings (SSSR count). The lowest BCUT2D eigenvalue weighted by atomic mass is 10.1. The van der Waals surface area contributed by atoms with Crippen LogP contribution in [-0.2, 0) is 14.3 Å². The number of nitrogens with one attached hydrogen (secondary N) is 1. The van der Waals surface area contributed by atoms with Crippen LogP contribution < -0.4 is 11.1 Å². The molecule has 1 aromatic rings. The lowest BCUT2D eigenvalue weighted by molar-refractivity contribution is -0.131. The SMILES string of the molecule is Cc1ccc(N)cc1NC(=O)CCCOC1COC1. The highest BCUT2D eigenvalue weighted by atomic mass is 16.6. The van der Waals surface area contributed by atoms with Gasteiger partial charge in [0.1, 0.15) is 6.10 Å². The molecule has 0 unspecified atom stereocenters. The molecular weight excluding hydrogens is 244 g/mol. The van der Waals surface area contributed by atoms with Crippen molar-refractivity contribution in [2.75, 3.05) is 30.9 Å². The van der Waals surface area contributed by atoms with E-state index in [1.807, 2.05) is 19.1 Å². The first-order chi connectivity index (χ1) is 9.15. The number of carbonyl (C=O) groups excluding carboxylic acids is 1. The minimum absolute atomic E-state index is 0.0119. The number of anilines is 2. The van der Waals surface area contributed by atoms with Gasteiger partial charge in [-0.15, -0.1) is 0 Å². The van der Waals surface area contributed by atoms with Crippen molar-refractivity contribution in [2.24, 2.45) is 0 Å². The summed E-state index contributed by atoms with van der Waals surface area (Å²) in [6.07, 6.45) is 1.38. The van der Waals surface area contributed by atoms with Gasteiger partial charge in [0.05, 0.1) is 13.2 Å². The maximum absolute atomic E-state index is 11.8. The Hall–Kier alpha value is -1.59. The molecule has 1 aliphatic heterocycles. The Bertz CT molecular complexity index is 444. The van der Waals surface area contributed by atoms with Crippen LogP contribution in [0.2, 0.25) is 0 Å². The van der Waals surface area contributed by atoms with Crippen molar-refractivity contribution in [1.82, 2.24) is 0 Å². The van der Waals surface area contributed by atoms with Crippen LogP contribution in [0, 0.1) is 6.92 Å². The van der Waals surface area contributed by atoms with E-state index in [2.05, 4.69) is 5.32 Å². The topological polar surface area (TPSA) is 73.6 Å². The van der Waals surface area contributed by atoms with Crippen molar-refractivity contribution in [3.8, 4) is 0 Å². The van der Waals surface area contributed by atoms with Gasteiger partial charge in [-0.05, 0) is 31.0 Å². The molecule has 104 valence electrons. The fraction of sp³-hybridized carbons (Fsp3) is 0.500. The summed E-state index contributed by atoms with van der Waals surface area (Å²) in [5.41, 5.74) is 8.13. The molecule has 1 saturated heterocycles. The summed E-state index contributed by atoms with van der Waals surface area (Å²) in [7, 11) is 0. The van der Waals surface area contributed by atoms with Crippen LogP contribution in [0.4, 0.5) is 11.4 Å². The number of aryl methyl sites for hydroxylation is 1. The Labute approximate surface area is 113 Å². The minimum atomic E-state index is -0.0119. The van der Waals surface area contributed by atoms with Gasteiger partial charge >= 0.3 is 0 Å². The predicted molar refractivity (Wildman–Crippen MR) is 74.0 cm³/mol. The van der Waals surface area contributed by atoms with Crippen molar-refractivity contribution in [3.63, 3.8) is 0 Å². The van der Waals surface area contributed by atoms with Crippen molar-refractivity contribution in [2.45, 2.75) is 25.9 Å². The van der Waals surface area contributed by atoms with Crippen LogP contribution in [-0.4, -0.2) is 31.8 Å². The summed E-state index contributed by atoms with van der Waals surface area (Å²) in [6.45, 7) is 3.88. The number of carbonyl (C=O) groups is 1. The van der Waals surface area contributed by atoms with E-state index in [0.717, 1.165) is 11.3 Å². The van der Waals surface area contributed by atoms with E-state index in [1.54, 1.807) is 6.07 Å². The molecular formula is C14H20N2O3. The van der Waals surface area contributed by atoms with E-state index in [4.69, 9.17) is 15.2 Å². The van der Waals surface area contributed by atoms with Crippen LogP contribution in [0.3, 0.4) is 0 Å². The number of hydrogen-bond donors (Lipinski definition) is 2. The molecule has 1 fully saturated rings. The summed E-state index contributed by atoms with van der Waals surface area (Å²) in [5, 5.41) is 2.87. The third-order valence-electron chi connectivity index (χ3n) is 3.04. The monoisotopic (exact) mass is 264 g/mol. The Kier molecular flexibility index (Phi) is 4.76. The highest BCUT2D eigenvalue weighted by Gasteiger charge is 2.18. The second kappa shape index (κ2) is 6.54. The van der Waals surface area contributed by atoms with Crippen LogP contribution in [0.5, 0.6) is 0 Å². The highest BCUT2D eigenvalue weighted by Crippen LogP contribution is 2.18. The fourth-order valence-electron chi connectivity index (χ4n) is 1.78. The number of nitrogen functional groups attached to an aromatic ring is 1. The van der Waals surface area contributed by atoms with Gasteiger partial charge in [0.25, 0.3) is 0 Å². The third kappa shape index (κ3) is 4.22. The molecule has 0 atom stereocenters. The molecule has 0 aliphatic carbocycles. The third-order valence-corrected chi connectivity index (χ3v) is 3.04. The van der Waals surface area contributed by atoms with E-state index in [9.17, 15) is 4.79 Å². The zero-order valence-electron chi connectivity index (χ0n) is 11.1. The molecule has 1 heterocycles. The largest absolute Gasteiger partial charge is 0.399 e. The first-order valence-corrected chi connectivity index (χ1v) is 6.50. The summed E-state index contributed by atoms with van der Waals surface area (Å²) < 4.78 is 10.5. The standard InChI is InChI=1S/C14H20N2O3/c1-10-4-5-11(15)7-13(10)16-14(17)3-2-6-19-12-8-18-9-12/h4-5,7,12H,2-3,6,8-9,15H2,1H3,(H,16,17). The van der Waals surface area contributed by atoms with E-state index in [-0.39, 0.29) is 12.0 Å². The van der Waals surface area contributed by atoms with Gasteiger partial charge in [-0.25, -0.2) is 0 Å². The quantitative estimate of drug-likeness (QED) is 0.606. The molecule has 0 bridgehead atoms. The molecule has 1 aromatic carbocycles. The van der Waals surface area contributed by atoms with Gasteiger partial charge in [-0.1, -0.05) is 6.07 Å². The maximum atomic E-state index is 11.8. The van der Waals surface area contributed by atoms with Gasteiger partial charge in [-0.3, -0.25) is 4.79 Å². The zero-order chi connectivity index (χ0) is 13.7. The average molecular weight is 264 g/mol. The van der Waals surface area contributed by atoms with Crippen molar-refractivity contribution in [1.29, 1.82) is 0 Å². The summed E-state index contributed by atoms with van der Waals surface area (Å²) in [6, 6.07) is 5.49. The number of rotatable bonds is 6. The Morgan fingerprint density at radius 1 is 1.53 bits per heavy atom. The van der Waals surface area contributed by atoms with Crippen LogP contribution >= 0.6 is 0 Å². The lowest BCUT2D eigenvalue weighted by Gasteiger charge is -2.25. The van der Waals surface area contributed by atoms with Crippen molar-refractivity contribution in [3.05, 3.63) is 23.8 Å². The Morgan fingerprint density at radius 3 is 3.00 bits per heavy atom. The van der Waals surface area contributed by atoms with Gasteiger partial charge in [0, 0.05) is 24.4 Å². The lowest BCUT2D eigenvalue weighted by Crippen LogP contribution is -2.36. The highest BCUT2D eigenvalue weighted by molar-refractivity contribution is 5.91. The van der Waals surface area contributed by atoms with E-state index < -0.39 is 0 Å². The predicted octanol–water partition coefficient (Wildman–Crippen LogP) is 1.71. The molecule has 1 amide bonds. The van der Waals surface area contributed by atoms with Crippen LogP contribution in [0.1, 0.15) is 18.4 Å². The van der Waals surface area contributed by atoms with Crippen molar-refractivity contribution < 1.29 is 14.3 Å². The van der Waals surface area contributed by atoms with Gasteiger partial charge in [-0.2, -0.15) is 0 Å². The number of hydrogen-bond acceptors (Lipinski definition) is 4. The first kappa shape index (κ1) is 13.8. The molecule has 0 radical (unpaired) electrons. The number of ether oxygens (including phenoxy) is 2. The van der Waals surface area contributed by atoms with Gasteiger partial charge in [0.15, 0.2) is 0 Å². The Balaban J connectivity index is 1.69. The number of benzene rings is 1. The second-order valence-electron chi connectivity index (χ2n) is 4.76. The van der Waals surface area contributed by atoms with E-state index >= 15 is 0 Å². The molecule has 3 N–H and O–H groups in total. The summed E-state index contributed by atoms with van der Waals surface area (Å²) in [4.78, 5) is 11.8.